The van der Waals surface area contributed by atoms with Gasteiger partial charge in [-0.3, -0.25) is 0 Å². The number of pyridine rings is 1. The van der Waals surface area contributed by atoms with Crippen LogP contribution < -0.4 is 14.5 Å². The monoisotopic (exact) mass is 1280 g/mol. The van der Waals surface area contributed by atoms with E-state index in [1.54, 1.807) is 0 Å². The van der Waals surface area contributed by atoms with Gasteiger partial charge in [-0.05, 0) is 53.4 Å². The Morgan fingerprint density at radius 2 is 0.814 bits per heavy atom. The Morgan fingerprint density at radius 3 is 1.42 bits per heavy atom. The predicted molar refractivity (Wildman–Crippen MR) is 348 cm³/mol. The number of ether oxygens (including phenoxy) is 1. The number of imidazole rings is 1. The topological polar surface area (TPSA) is 38.5 Å². The van der Waals surface area contributed by atoms with Gasteiger partial charge >= 0.3 is 306 Å². The molecular formula is C79H53N5OPt-2. The zero-order valence-corrected chi connectivity index (χ0v) is 49.1. The fourth-order valence-corrected chi connectivity index (χ4v) is 13.2. The third-order valence-electron chi connectivity index (χ3n) is 16.1. The van der Waals surface area contributed by atoms with Crippen molar-refractivity contribution in [2.45, 2.75) is 6.92 Å². The number of rotatable bonds is 10. The number of aryl methyl sites for hydroxylation is 1. The summed E-state index contributed by atoms with van der Waals surface area (Å²) in [6.45, 7) is 2.18. The Bertz CT molecular complexity index is 4830. The van der Waals surface area contributed by atoms with Crippen molar-refractivity contribution in [2.24, 2.45) is 0 Å². The van der Waals surface area contributed by atoms with Gasteiger partial charge in [0, 0.05) is 23.0 Å². The van der Waals surface area contributed by atoms with Gasteiger partial charge in [0.1, 0.15) is 0 Å². The minimum absolute atomic E-state index is 0.521. The van der Waals surface area contributed by atoms with Gasteiger partial charge in [-0.25, -0.2) is 0 Å². The first-order valence-electron chi connectivity index (χ1n) is 28.8. The van der Waals surface area contributed by atoms with Gasteiger partial charge in [-0.2, -0.15) is 0 Å². The summed E-state index contributed by atoms with van der Waals surface area (Å²) >= 11 is 2.49. The number of nitrogens with zero attached hydrogens (tertiary/aromatic N) is 5. The van der Waals surface area contributed by atoms with E-state index in [-0.39, 0.29) is 0 Å². The summed E-state index contributed by atoms with van der Waals surface area (Å²) in [5.41, 5.74) is 23.0. The minimum Gasteiger partial charge on any atom is -0.0622 e. The summed E-state index contributed by atoms with van der Waals surface area (Å²) in [5, 5.41) is 0. The zero-order chi connectivity index (χ0) is 57.5. The Kier molecular flexibility index (Phi) is 13.6. The molecule has 6 nitrogen and oxygen atoms in total. The molecule has 0 unspecified atom stereocenters. The van der Waals surface area contributed by atoms with Crippen LogP contribution in [0.2, 0.25) is 0 Å². The Hall–Kier alpha value is -10.7. The van der Waals surface area contributed by atoms with Gasteiger partial charge in [-0.1, -0.05) is 121 Å². The van der Waals surface area contributed by atoms with E-state index in [0.717, 1.165) is 122 Å². The molecule has 0 aliphatic carbocycles. The minimum atomic E-state index is 0.521. The van der Waals surface area contributed by atoms with Crippen molar-refractivity contribution in [1.29, 1.82) is 0 Å². The van der Waals surface area contributed by atoms with Crippen LogP contribution in [0.3, 0.4) is 0 Å². The van der Waals surface area contributed by atoms with Crippen molar-refractivity contribution in [3.63, 3.8) is 0 Å². The van der Waals surface area contributed by atoms with Crippen LogP contribution in [-0.2, 0) is 19.4 Å². The zero-order valence-electron chi connectivity index (χ0n) is 46.8. The second-order valence-electron chi connectivity index (χ2n) is 21.3. The second-order valence-corrected chi connectivity index (χ2v) is 22.3. The van der Waals surface area contributed by atoms with Crippen molar-refractivity contribution in [3.8, 4) is 89.6 Å². The smallest absolute Gasteiger partial charge is 0.0622 e. The summed E-state index contributed by atoms with van der Waals surface area (Å²) in [6.07, 6.45) is 2.02. The van der Waals surface area contributed by atoms with E-state index in [9.17, 15) is 0 Å². The molecule has 15 rings (SSSR count). The van der Waals surface area contributed by atoms with E-state index < -0.39 is 0 Å². The summed E-state index contributed by atoms with van der Waals surface area (Å²) < 4.78 is 12.7. The van der Waals surface area contributed by atoms with Crippen LogP contribution >= 0.6 is 0 Å². The number of aromatic nitrogens is 3. The predicted octanol–water partition coefficient (Wildman–Crippen LogP) is 20.9. The van der Waals surface area contributed by atoms with Gasteiger partial charge < -0.3 is 4.90 Å². The molecule has 0 saturated heterocycles. The van der Waals surface area contributed by atoms with Gasteiger partial charge in [0.2, 0.25) is 0 Å². The molecule has 0 N–H and O–H groups in total. The van der Waals surface area contributed by atoms with Crippen molar-refractivity contribution < 1.29 is 24.1 Å². The fourth-order valence-electron chi connectivity index (χ4n) is 12.2. The van der Waals surface area contributed by atoms with Crippen molar-refractivity contribution in [1.82, 2.24) is 14.1 Å². The van der Waals surface area contributed by atoms with E-state index in [0.29, 0.717) is 11.5 Å². The molecule has 0 saturated carbocycles. The molecule has 12 aromatic carbocycles. The summed E-state index contributed by atoms with van der Waals surface area (Å²) in [4.78, 5) is 10.1. The maximum atomic E-state index is 7.09. The third kappa shape index (κ3) is 9.47. The summed E-state index contributed by atoms with van der Waals surface area (Å²) in [6, 6.07) is 113. The molecular weight excluding hydrogens is 1230 g/mol. The van der Waals surface area contributed by atoms with Crippen LogP contribution in [0.4, 0.5) is 34.3 Å². The van der Waals surface area contributed by atoms with Crippen LogP contribution in [0.5, 0.6) is 11.5 Å². The van der Waals surface area contributed by atoms with E-state index in [1.807, 2.05) is 24.4 Å². The van der Waals surface area contributed by atoms with Crippen LogP contribution in [0.1, 0.15) is 5.56 Å². The first kappa shape index (κ1) is 52.2. The normalized spacial score (nSPS) is 11.8. The van der Waals surface area contributed by atoms with Gasteiger partial charge in [0.15, 0.2) is 0 Å². The van der Waals surface area contributed by atoms with Crippen molar-refractivity contribution in [2.75, 3.05) is 9.80 Å². The van der Waals surface area contributed by atoms with Crippen molar-refractivity contribution in [3.05, 3.63) is 325 Å². The molecule has 1 aliphatic heterocycles. The number of hydrogen-bond acceptors (Lipinski definition) is 4. The first-order valence-corrected chi connectivity index (χ1v) is 29.9. The molecule has 412 valence electrons. The number of fused-ring (bicyclic) bond motifs is 7. The van der Waals surface area contributed by atoms with Crippen molar-refractivity contribution >= 4 is 45.3 Å². The fraction of sp³-hybridized carbons (Fsp3) is 0.0127. The van der Waals surface area contributed by atoms with Crippen LogP contribution in [0.25, 0.3) is 89.2 Å². The molecule has 0 radical (unpaired) electrons. The average molecular weight is 1280 g/mol. The van der Waals surface area contributed by atoms with E-state index >= 15 is 0 Å². The Morgan fingerprint density at radius 1 is 0.360 bits per heavy atom. The molecule has 1 aliphatic rings. The maximum absolute atomic E-state index is 7.09. The van der Waals surface area contributed by atoms with Crippen LogP contribution in [0.15, 0.2) is 303 Å². The number of anilines is 6. The molecule has 14 aromatic rings. The molecule has 0 atom stereocenters. The summed E-state index contributed by atoms with van der Waals surface area (Å²) in [5.74, 6) is 1.81. The van der Waals surface area contributed by atoms with Crippen LogP contribution in [-0.4, -0.2) is 14.1 Å². The molecule has 7 heteroatoms. The molecule has 0 fully saturated rings. The van der Waals surface area contributed by atoms with E-state index in [2.05, 4.69) is 336 Å². The quantitative estimate of drug-likeness (QED) is 0.128. The Labute approximate surface area is 511 Å². The second kappa shape index (κ2) is 22.5. The SMILES string of the molecule is Cc1cc(N2c3[c-]c(Oc4[c-]c(-n5[c](=[Pt])n(-c6c(-c7ccccc7)cccc6-c6ccccc6)c6ccccc65)ccc4)ccc3-c3ccccc3N(c3ccccc3)c3ccccc3-c3ccccc32)ncc1-c1ccc(-c2ccccc2)cc1. The average Bonchev–Trinajstić information content (AvgIpc) is 2.37. The first-order chi connectivity index (χ1) is 42.5. The summed E-state index contributed by atoms with van der Waals surface area (Å²) in [7, 11) is 0. The number of benzene rings is 12. The van der Waals surface area contributed by atoms with Gasteiger partial charge in [0.05, 0.1) is 5.69 Å². The van der Waals surface area contributed by atoms with Crippen LogP contribution in [0, 0.1) is 22.9 Å². The number of hydrogen-bond donors (Lipinski definition) is 0. The molecule has 0 amide bonds. The van der Waals surface area contributed by atoms with E-state index in [4.69, 9.17) is 9.72 Å². The van der Waals surface area contributed by atoms with Gasteiger partial charge in [0.25, 0.3) is 0 Å². The molecule has 0 spiro atoms. The number of para-hydroxylation sites is 7. The molecule has 0 bridgehead atoms. The molecule has 3 heterocycles. The standard InChI is InChI=1S/C79H53N5O.Pt/c1-55-50-78(80-53-71(55)60-46-44-57(45-47-60)56-24-6-2-7-25-56)84-74-41-19-16-35-68(74)67-34-14-17-39-72(67)83(61-30-12-5-13-31-61)73-40-18-15-36-69(73)70-49-48-64(52-77(70)84)85-63-33-22-32-62(51-63)81-54-82(76-43-21-20-42-75(76)81)79-65(58-26-8-3-9-27-58)37-23-38-66(79)59-28-10-4-11-29-59;/h2-50,53H,1H3;/q-2;. The molecule has 2 aromatic heterocycles. The Balaban J connectivity index is 0.898. The third-order valence-corrected chi connectivity index (χ3v) is 17.1. The molecule has 86 heavy (non-hydrogen) atoms. The van der Waals surface area contributed by atoms with E-state index in [1.165, 1.54) is 11.1 Å². The van der Waals surface area contributed by atoms with Gasteiger partial charge in [-0.15, -0.1) is 0 Å².